The SMILES string of the molecule is Cc1ccc(N2C(=O)[C@@H](CN3CCOCC3)SC2=S)c(C)c1. The van der Waals surface area contributed by atoms with Crippen LogP contribution in [0, 0.1) is 13.8 Å². The highest BCUT2D eigenvalue weighted by atomic mass is 32.2. The third-order valence-electron chi connectivity index (χ3n) is 4.04. The Kier molecular flexibility index (Phi) is 4.82. The number of amides is 1. The van der Waals surface area contributed by atoms with E-state index >= 15 is 0 Å². The number of morpholine rings is 1. The molecular formula is C16H20N2O2S2. The summed E-state index contributed by atoms with van der Waals surface area (Å²) in [5, 5.41) is -0.105. The summed E-state index contributed by atoms with van der Waals surface area (Å²) in [6.45, 7) is 8.10. The van der Waals surface area contributed by atoms with Crippen molar-refractivity contribution in [2.24, 2.45) is 0 Å². The van der Waals surface area contributed by atoms with Crippen molar-refractivity contribution in [2.75, 3.05) is 37.7 Å². The summed E-state index contributed by atoms with van der Waals surface area (Å²) in [5.74, 6) is 0.105. The number of nitrogens with zero attached hydrogens (tertiary/aromatic N) is 2. The van der Waals surface area contributed by atoms with Gasteiger partial charge in [-0.25, -0.2) is 0 Å². The summed E-state index contributed by atoms with van der Waals surface area (Å²) < 4.78 is 6.02. The Hall–Kier alpha value is -0.950. The maximum absolute atomic E-state index is 12.8. The average molecular weight is 336 g/mol. The van der Waals surface area contributed by atoms with Gasteiger partial charge in [-0.2, -0.15) is 0 Å². The molecule has 0 saturated carbocycles. The molecule has 2 aliphatic heterocycles. The van der Waals surface area contributed by atoms with Crippen molar-refractivity contribution in [3.05, 3.63) is 29.3 Å². The average Bonchev–Trinajstić information content (AvgIpc) is 2.75. The van der Waals surface area contributed by atoms with Gasteiger partial charge in [0, 0.05) is 19.6 Å². The van der Waals surface area contributed by atoms with E-state index in [1.807, 2.05) is 19.1 Å². The molecular weight excluding hydrogens is 316 g/mol. The van der Waals surface area contributed by atoms with E-state index in [9.17, 15) is 4.79 Å². The predicted molar refractivity (Wildman–Crippen MR) is 94.6 cm³/mol. The molecule has 1 aromatic rings. The zero-order chi connectivity index (χ0) is 15.7. The maximum Gasteiger partial charge on any atom is 0.247 e. The van der Waals surface area contributed by atoms with Gasteiger partial charge in [-0.15, -0.1) is 0 Å². The second-order valence-corrected chi connectivity index (χ2v) is 7.59. The van der Waals surface area contributed by atoms with E-state index in [0.29, 0.717) is 4.32 Å². The van der Waals surface area contributed by atoms with E-state index in [4.69, 9.17) is 17.0 Å². The lowest BCUT2D eigenvalue weighted by molar-refractivity contribution is -0.117. The van der Waals surface area contributed by atoms with Crippen molar-refractivity contribution in [3.63, 3.8) is 0 Å². The second kappa shape index (κ2) is 6.66. The van der Waals surface area contributed by atoms with Crippen LogP contribution in [0.15, 0.2) is 18.2 Å². The first-order chi connectivity index (χ1) is 10.6. The molecule has 2 aliphatic rings. The number of hydrogen-bond acceptors (Lipinski definition) is 5. The summed E-state index contributed by atoms with van der Waals surface area (Å²) in [6.07, 6.45) is 0. The molecule has 2 fully saturated rings. The van der Waals surface area contributed by atoms with Crippen molar-refractivity contribution in [2.45, 2.75) is 19.1 Å². The standard InChI is InChI=1S/C16H20N2O2S2/c1-11-3-4-13(12(2)9-11)18-15(19)14(22-16(18)21)10-17-5-7-20-8-6-17/h3-4,9,14H,5-8,10H2,1-2H3/t14-/m1/s1. The Morgan fingerprint density at radius 2 is 2.05 bits per heavy atom. The summed E-state index contributed by atoms with van der Waals surface area (Å²) >= 11 is 6.97. The number of benzene rings is 1. The fourth-order valence-electron chi connectivity index (χ4n) is 2.87. The Labute approximate surface area is 140 Å². The van der Waals surface area contributed by atoms with E-state index < -0.39 is 0 Å². The molecule has 2 heterocycles. The topological polar surface area (TPSA) is 32.8 Å². The van der Waals surface area contributed by atoms with E-state index in [0.717, 1.165) is 44.1 Å². The van der Waals surface area contributed by atoms with Gasteiger partial charge >= 0.3 is 0 Å². The monoisotopic (exact) mass is 336 g/mol. The fourth-order valence-corrected chi connectivity index (χ4v) is 4.43. The number of thioether (sulfide) groups is 1. The number of thiocarbonyl (C=S) groups is 1. The highest BCUT2D eigenvalue weighted by Gasteiger charge is 2.39. The zero-order valence-electron chi connectivity index (χ0n) is 12.9. The first-order valence-corrected chi connectivity index (χ1v) is 8.77. The number of rotatable bonds is 3. The molecule has 0 bridgehead atoms. The zero-order valence-corrected chi connectivity index (χ0v) is 14.5. The van der Waals surface area contributed by atoms with Crippen LogP contribution in [0.25, 0.3) is 0 Å². The van der Waals surface area contributed by atoms with Crippen LogP contribution in [0.5, 0.6) is 0 Å². The lowest BCUT2D eigenvalue weighted by atomic mass is 10.1. The van der Waals surface area contributed by atoms with E-state index in [-0.39, 0.29) is 11.2 Å². The van der Waals surface area contributed by atoms with Gasteiger partial charge in [-0.05, 0) is 25.5 Å². The number of hydrogen-bond donors (Lipinski definition) is 0. The number of carbonyl (C=O) groups excluding carboxylic acids is 1. The van der Waals surface area contributed by atoms with Crippen LogP contribution in [0.3, 0.4) is 0 Å². The first kappa shape index (κ1) is 15.9. The minimum Gasteiger partial charge on any atom is -0.379 e. The molecule has 0 N–H and O–H groups in total. The van der Waals surface area contributed by atoms with Gasteiger partial charge < -0.3 is 4.74 Å². The molecule has 1 amide bonds. The highest BCUT2D eigenvalue weighted by molar-refractivity contribution is 8.25. The molecule has 118 valence electrons. The van der Waals surface area contributed by atoms with Crippen LogP contribution >= 0.6 is 24.0 Å². The molecule has 6 heteroatoms. The third kappa shape index (κ3) is 3.20. The summed E-state index contributed by atoms with van der Waals surface area (Å²) in [6, 6.07) is 6.11. The van der Waals surface area contributed by atoms with Gasteiger partial charge in [0.25, 0.3) is 0 Å². The predicted octanol–water partition coefficient (Wildman–Crippen LogP) is 2.37. The minimum atomic E-state index is -0.105. The lowest BCUT2D eigenvalue weighted by Crippen LogP contribution is -2.43. The quantitative estimate of drug-likeness (QED) is 0.792. The Morgan fingerprint density at radius 3 is 2.73 bits per heavy atom. The Bertz CT molecular complexity index is 600. The lowest BCUT2D eigenvalue weighted by Gasteiger charge is -2.28. The van der Waals surface area contributed by atoms with E-state index in [1.165, 1.54) is 17.3 Å². The molecule has 0 radical (unpaired) electrons. The van der Waals surface area contributed by atoms with Crippen molar-refractivity contribution in [1.29, 1.82) is 0 Å². The molecule has 0 aromatic heterocycles. The maximum atomic E-state index is 12.8. The van der Waals surface area contributed by atoms with Crippen molar-refractivity contribution in [1.82, 2.24) is 4.90 Å². The molecule has 0 spiro atoms. The fraction of sp³-hybridized carbons (Fsp3) is 0.500. The number of carbonyl (C=O) groups is 1. The molecule has 0 unspecified atom stereocenters. The highest BCUT2D eigenvalue weighted by Crippen LogP contribution is 2.34. The van der Waals surface area contributed by atoms with E-state index in [2.05, 4.69) is 17.9 Å². The first-order valence-electron chi connectivity index (χ1n) is 7.48. The van der Waals surface area contributed by atoms with Crippen LogP contribution in [0.4, 0.5) is 5.69 Å². The van der Waals surface area contributed by atoms with Gasteiger partial charge in [0.15, 0.2) is 0 Å². The Morgan fingerprint density at radius 1 is 1.32 bits per heavy atom. The van der Waals surface area contributed by atoms with Crippen LogP contribution < -0.4 is 4.90 Å². The van der Waals surface area contributed by atoms with Crippen molar-refractivity contribution < 1.29 is 9.53 Å². The minimum absolute atomic E-state index is 0.105. The number of aryl methyl sites for hydroxylation is 2. The third-order valence-corrected chi connectivity index (χ3v) is 5.53. The smallest absolute Gasteiger partial charge is 0.247 e. The van der Waals surface area contributed by atoms with Gasteiger partial charge in [0.05, 0.1) is 18.9 Å². The van der Waals surface area contributed by atoms with Crippen molar-refractivity contribution >= 4 is 39.9 Å². The molecule has 3 rings (SSSR count). The van der Waals surface area contributed by atoms with Crippen LogP contribution in [0.2, 0.25) is 0 Å². The molecule has 1 aromatic carbocycles. The molecule has 4 nitrogen and oxygen atoms in total. The van der Waals surface area contributed by atoms with Gasteiger partial charge in [-0.1, -0.05) is 41.7 Å². The van der Waals surface area contributed by atoms with Crippen molar-refractivity contribution in [3.8, 4) is 0 Å². The van der Waals surface area contributed by atoms with Crippen LogP contribution in [-0.4, -0.2) is 53.2 Å². The molecule has 22 heavy (non-hydrogen) atoms. The molecule has 2 saturated heterocycles. The van der Waals surface area contributed by atoms with E-state index in [1.54, 1.807) is 4.90 Å². The van der Waals surface area contributed by atoms with Gasteiger partial charge in [0.1, 0.15) is 9.57 Å². The largest absolute Gasteiger partial charge is 0.379 e. The number of anilines is 1. The van der Waals surface area contributed by atoms with Crippen LogP contribution in [-0.2, 0) is 9.53 Å². The summed E-state index contributed by atoms with van der Waals surface area (Å²) in [4.78, 5) is 16.8. The van der Waals surface area contributed by atoms with Gasteiger partial charge in [-0.3, -0.25) is 14.6 Å². The summed E-state index contributed by atoms with van der Waals surface area (Å²) in [7, 11) is 0. The van der Waals surface area contributed by atoms with Gasteiger partial charge in [0.2, 0.25) is 5.91 Å². The molecule has 1 atom stereocenters. The Balaban J connectivity index is 1.76. The summed E-state index contributed by atoms with van der Waals surface area (Å²) in [5.41, 5.74) is 3.19. The normalized spacial score (nSPS) is 23.4. The van der Waals surface area contributed by atoms with Crippen LogP contribution in [0.1, 0.15) is 11.1 Å². The second-order valence-electron chi connectivity index (χ2n) is 5.75. The molecule has 0 aliphatic carbocycles. The number of ether oxygens (including phenoxy) is 1.